The molecule has 0 rings (SSSR count). The Kier molecular flexibility index (Phi) is 42.4. The van der Waals surface area contributed by atoms with E-state index in [0.29, 0.717) is 13.2 Å². The highest BCUT2D eigenvalue weighted by molar-refractivity contribution is 5.72. The summed E-state index contributed by atoms with van der Waals surface area (Å²) in [5.74, 6) is 6.60. The maximum atomic E-state index is 13.0. The van der Waals surface area contributed by atoms with Crippen molar-refractivity contribution in [1.82, 2.24) is 4.90 Å². The molecule has 0 N–H and O–H groups in total. The average molecular weight is 774 g/mol. The zero-order valence-electron chi connectivity index (χ0n) is 37.8. The van der Waals surface area contributed by atoms with Crippen molar-refractivity contribution in [2.24, 2.45) is 11.8 Å². The summed E-state index contributed by atoms with van der Waals surface area (Å²) in [6, 6.07) is 0. The van der Waals surface area contributed by atoms with Gasteiger partial charge in [0.1, 0.15) is 0 Å². The quantitative estimate of drug-likeness (QED) is 0.0351. The largest absolute Gasteiger partial charge is 0.465 e. The van der Waals surface area contributed by atoms with Gasteiger partial charge >= 0.3 is 11.9 Å². The normalized spacial score (nSPS) is 12.4. The molecule has 0 aromatic heterocycles. The lowest BCUT2D eigenvalue weighted by Gasteiger charge is -2.22. The lowest BCUT2D eigenvalue weighted by atomic mass is 9.94. The second-order valence-electron chi connectivity index (χ2n) is 16.7. The van der Waals surface area contributed by atoms with Crippen LogP contribution in [0.25, 0.3) is 0 Å². The van der Waals surface area contributed by atoms with Gasteiger partial charge in [-0.05, 0) is 84.3 Å². The topological polar surface area (TPSA) is 55.8 Å². The van der Waals surface area contributed by atoms with Crippen molar-refractivity contribution < 1.29 is 19.1 Å². The Labute approximate surface area is 344 Å². The Bertz CT molecular complexity index is 821. The molecule has 0 aliphatic carbocycles. The smallest absolute Gasteiger partial charge is 0.308 e. The van der Waals surface area contributed by atoms with Gasteiger partial charge in [0.05, 0.1) is 25.0 Å². The van der Waals surface area contributed by atoms with Gasteiger partial charge in [-0.1, -0.05) is 182 Å². The van der Waals surface area contributed by atoms with E-state index in [2.05, 4.69) is 44.4 Å². The van der Waals surface area contributed by atoms with Crippen LogP contribution in [0.2, 0.25) is 0 Å². The average Bonchev–Trinajstić information content (AvgIpc) is 3.19. The highest BCUT2D eigenvalue weighted by atomic mass is 16.5. The van der Waals surface area contributed by atoms with Gasteiger partial charge in [-0.3, -0.25) is 9.59 Å². The molecule has 0 aromatic carbocycles. The summed E-state index contributed by atoms with van der Waals surface area (Å²) in [5, 5.41) is 0. The van der Waals surface area contributed by atoms with Gasteiger partial charge in [0.25, 0.3) is 0 Å². The molecular formula is C50H95NO4. The van der Waals surface area contributed by atoms with Crippen LogP contribution in [0.15, 0.2) is 0 Å². The fraction of sp³-hybridized carbons (Fsp3) is 0.920. The van der Waals surface area contributed by atoms with Crippen LogP contribution < -0.4 is 0 Å². The van der Waals surface area contributed by atoms with E-state index < -0.39 is 0 Å². The number of esters is 2. The van der Waals surface area contributed by atoms with Crippen molar-refractivity contribution in [3.8, 4) is 11.8 Å². The third-order valence-corrected chi connectivity index (χ3v) is 11.5. The lowest BCUT2D eigenvalue weighted by molar-refractivity contribution is -0.150. The predicted molar refractivity (Wildman–Crippen MR) is 238 cm³/mol. The molecule has 0 fully saturated rings. The number of rotatable bonds is 43. The summed E-state index contributed by atoms with van der Waals surface area (Å²) in [7, 11) is 0. The van der Waals surface area contributed by atoms with E-state index in [9.17, 15) is 9.59 Å². The summed E-state index contributed by atoms with van der Waals surface area (Å²) in [6.07, 6.45) is 40.1. The minimum absolute atomic E-state index is 0.0649. The first-order chi connectivity index (χ1) is 27.0. The molecule has 2 atom stereocenters. The first kappa shape index (κ1) is 53.5. The van der Waals surface area contributed by atoms with Gasteiger partial charge in [-0.15, -0.1) is 11.8 Å². The van der Waals surface area contributed by atoms with Crippen LogP contribution in [0.1, 0.15) is 253 Å². The number of hydrogen-bond acceptors (Lipinski definition) is 5. The predicted octanol–water partition coefficient (Wildman–Crippen LogP) is 15.0. The molecule has 0 bridgehead atoms. The van der Waals surface area contributed by atoms with Crippen LogP contribution in [0.5, 0.6) is 0 Å². The molecule has 0 saturated heterocycles. The molecule has 324 valence electrons. The maximum absolute atomic E-state index is 13.0. The zero-order valence-corrected chi connectivity index (χ0v) is 37.8. The van der Waals surface area contributed by atoms with E-state index in [1.165, 1.54) is 128 Å². The van der Waals surface area contributed by atoms with Gasteiger partial charge in [-0.25, -0.2) is 0 Å². The summed E-state index contributed by atoms with van der Waals surface area (Å²) < 4.78 is 11.7. The highest BCUT2D eigenvalue weighted by Crippen LogP contribution is 2.22. The number of nitrogens with zero attached hydrogens (tertiary/aromatic N) is 1. The number of carbonyl (C=O) groups is 2. The van der Waals surface area contributed by atoms with Crippen molar-refractivity contribution in [3.63, 3.8) is 0 Å². The van der Waals surface area contributed by atoms with Gasteiger partial charge in [0.2, 0.25) is 0 Å². The van der Waals surface area contributed by atoms with Crippen LogP contribution in [0, 0.1) is 23.7 Å². The Morgan fingerprint density at radius 3 is 1.11 bits per heavy atom. The van der Waals surface area contributed by atoms with Gasteiger partial charge in [0.15, 0.2) is 0 Å². The van der Waals surface area contributed by atoms with Crippen LogP contribution >= 0.6 is 0 Å². The van der Waals surface area contributed by atoms with Crippen molar-refractivity contribution in [2.45, 2.75) is 253 Å². The zero-order chi connectivity index (χ0) is 40.3. The molecule has 0 aromatic rings. The van der Waals surface area contributed by atoms with Gasteiger partial charge in [-0.2, -0.15) is 0 Å². The second-order valence-corrected chi connectivity index (χ2v) is 16.7. The van der Waals surface area contributed by atoms with Crippen molar-refractivity contribution in [1.29, 1.82) is 0 Å². The maximum Gasteiger partial charge on any atom is 0.308 e. The van der Waals surface area contributed by atoms with Gasteiger partial charge in [0, 0.05) is 6.42 Å². The molecule has 0 saturated carbocycles. The minimum atomic E-state index is 0.0649. The number of ether oxygens (including phenoxy) is 2. The monoisotopic (exact) mass is 774 g/mol. The highest BCUT2D eigenvalue weighted by Gasteiger charge is 2.20. The van der Waals surface area contributed by atoms with E-state index >= 15 is 0 Å². The molecule has 5 heteroatoms. The number of hydrogen-bond donors (Lipinski definition) is 0. The molecule has 0 radical (unpaired) electrons. The summed E-state index contributed by atoms with van der Waals surface area (Å²) in [6.45, 7) is 15.5. The van der Waals surface area contributed by atoms with E-state index in [1.807, 2.05) is 6.92 Å². The van der Waals surface area contributed by atoms with E-state index in [-0.39, 0.29) is 23.8 Å². The molecular weight excluding hydrogens is 679 g/mol. The van der Waals surface area contributed by atoms with E-state index in [0.717, 1.165) is 110 Å². The van der Waals surface area contributed by atoms with E-state index in [1.54, 1.807) is 0 Å². The fourth-order valence-corrected chi connectivity index (χ4v) is 7.75. The standard InChI is InChI=1S/C50H95NO4/c1-6-11-16-21-23-31-40-47(38-29-18-13-8-3)49(52)54-45-36-27-25-34-43-51(42-33-20-15-10-5)44-35-26-28-37-46-55-50(53)48(39-30-19-14-9-4)41-32-24-22-17-12-7-2/h47-48H,6-9,11-14,16-46H2,1-5H3. The van der Waals surface area contributed by atoms with Crippen LogP contribution in [0.4, 0.5) is 0 Å². The molecule has 0 amide bonds. The second kappa shape index (κ2) is 43.6. The van der Waals surface area contributed by atoms with Crippen molar-refractivity contribution >= 4 is 11.9 Å². The number of carbonyl (C=O) groups excluding carboxylic acids is 2. The molecule has 0 spiro atoms. The first-order valence-electron chi connectivity index (χ1n) is 24.5. The Morgan fingerprint density at radius 1 is 0.418 bits per heavy atom. The molecule has 0 aliphatic rings. The third-order valence-electron chi connectivity index (χ3n) is 11.5. The molecule has 0 aliphatic heterocycles. The Morgan fingerprint density at radius 2 is 0.727 bits per heavy atom. The van der Waals surface area contributed by atoms with Crippen molar-refractivity contribution in [3.05, 3.63) is 0 Å². The molecule has 55 heavy (non-hydrogen) atoms. The molecule has 0 heterocycles. The summed E-state index contributed by atoms with van der Waals surface area (Å²) in [4.78, 5) is 28.6. The number of unbranched alkanes of at least 4 members (excludes halogenated alkanes) is 23. The van der Waals surface area contributed by atoms with E-state index in [4.69, 9.17) is 9.47 Å². The Hall–Kier alpha value is -1.54. The molecule has 2 unspecified atom stereocenters. The SMILES string of the molecule is CC#CCCCN(CCCCCCOC(=O)C(CCCCCC)CCCCCCCC)CCCCCCOC(=O)C(CCCCCC)CCCCCCCC. The lowest BCUT2D eigenvalue weighted by Crippen LogP contribution is -2.27. The van der Waals surface area contributed by atoms with Crippen molar-refractivity contribution in [2.75, 3.05) is 32.8 Å². The third kappa shape index (κ3) is 36.5. The Balaban J connectivity index is 4.44. The summed E-state index contributed by atoms with van der Waals surface area (Å²) >= 11 is 0. The summed E-state index contributed by atoms with van der Waals surface area (Å²) in [5.41, 5.74) is 0. The minimum Gasteiger partial charge on any atom is -0.465 e. The van der Waals surface area contributed by atoms with Gasteiger partial charge < -0.3 is 14.4 Å². The first-order valence-corrected chi connectivity index (χ1v) is 24.5. The van der Waals surface area contributed by atoms with Crippen LogP contribution in [-0.2, 0) is 19.1 Å². The van der Waals surface area contributed by atoms with Crippen LogP contribution in [-0.4, -0.2) is 49.7 Å². The molecule has 5 nitrogen and oxygen atoms in total. The fourth-order valence-electron chi connectivity index (χ4n) is 7.75. The van der Waals surface area contributed by atoms with Crippen LogP contribution in [0.3, 0.4) is 0 Å².